The molecule has 0 aliphatic rings. The van der Waals surface area contributed by atoms with E-state index in [0.29, 0.717) is 10.2 Å². The van der Waals surface area contributed by atoms with Crippen molar-refractivity contribution in [2.45, 2.75) is 6.92 Å². The zero-order chi connectivity index (χ0) is 8.97. The summed E-state index contributed by atoms with van der Waals surface area (Å²) in [6, 6.07) is 3.73. The molecule has 12 heavy (non-hydrogen) atoms. The third-order valence-corrected chi connectivity index (χ3v) is 2.00. The Morgan fingerprint density at radius 2 is 2.50 bits per heavy atom. The number of rotatable bonds is 2. The van der Waals surface area contributed by atoms with Gasteiger partial charge in [-0.05, 0) is 24.6 Å². The zero-order valence-corrected chi connectivity index (χ0v) is 8.83. The van der Waals surface area contributed by atoms with Crippen LogP contribution in [0.5, 0.6) is 0 Å². The molecule has 0 aliphatic carbocycles. The molecule has 3 nitrogen and oxygen atoms in total. The van der Waals surface area contributed by atoms with Crippen LogP contribution >= 0.6 is 22.6 Å². The summed E-state index contributed by atoms with van der Waals surface area (Å²) < 4.78 is 0.452. The molecule has 0 bridgehead atoms. The lowest BCUT2D eigenvalue weighted by Crippen LogP contribution is -2.13. The van der Waals surface area contributed by atoms with Crippen LogP contribution in [-0.4, -0.2) is 15.3 Å². The second-order valence-electron chi connectivity index (χ2n) is 2.40. The molecule has 0 atom stereocenters. The van der Waals surface area contributed by atoms with E-state index in [0.717, 1.165) is 5.56 Å². The lowest BCUT2D eigenvalue weighted by Gasteiger charge is -2.01. The van der Waals surface area contributed by atoms with Crippen LogP contribution in [0, 0.1) is 6.92 Å². The summed E-state index contributed by atoms with van der Waals surface area (Å²) in [5.41, 5.74) is 1.09. The number of halogens is 1. The number of hydrogen-bond donors (Lipinski definition) is 1. The summed E-state index contributed by atoms with van der Waals surface area (Å²) in [6.07, 6.45) is 1.68. The first-order chi connectivity index (χ1) is 5.72. The minimum atomic E-state index is -0.0197. The fourth-order valence-electron chi connectivity index (χ4n) is 0.781. The van der Waals surface area contributed by atoms with E-state index in [1.807, 2.05) is 41.6 Å². The second-order valence-corrected chi connectivity index (χ2v) is 3.16. The van der Waals surface area contributed by atoms with Crippen LogP contribution in [0.3, 0.4) is 0 Å². The first-order valence-electron chi connectivity index (χ1n) is 3.51. The molecule has 1 rings (SSSR count). The Labute approximate surface area is 84.7 Å². The number of alkyl halides is 1. The Hall–Kier alpha value is -0.650. The van der Waals surface area contributed by atoms with Crippen LogP contribution in [0.15, 0.2) is 18.3 Å². The number of anilines is 1. The number of carbonyl (C=O) groups is 1. The van der Waals surface area contributed by atoms with E-state index in [1.54, 1.807) is 6.20 Å². The molecule has 64 valence electrons. The summed E-state index contributed by atoms with van der Waals surface area (Å²) in [6.45, 7) is 1.96. The molecule has 1 aromatic heterocycles. The molecule has 0 unspecified atom stereocenters. The van der Waals surface area contributed by atoms with E-state index < -0.39 is 0 Å². The molecule has 0 spiro atoms. The van der Waals surface area contributed by atoms with Gasteiger partial charge in [0.1, 0.15) is 5.82 Å². The standard InChI is InChI=1S/C8H9IN2O/c1-6-2-3-10-7(4-6)11-8(12)5-9/h2-4H,5H2,1H3,(H,10,11,12). The van der Waals surface area contributed by atoms with Crippen molar-refractivity contribution in [1.82, 2.24) is 4.98 Å². The van der Waals surface area contributed by atoms with Gasteiger partial charge < -0.3 is 5.32 Å². The van der Waals surface area contributed by atoms with E-state index in [-0.39, 0.29) is 5.91 Å². The molecule has 0 aromatic carbocycles. The molecule has 0 saturated heterocycles. The zero-order valence-electron chi connectivity index (χ0n) is 6.67. The number of carbonyl (C=O) groups excluding carboxylic acids is 1. The molecule has 0 fully saturated rings. The van der Waals surface area contributed by atoms with Crippen molar-refractivity contribution in [3.63, 3.8) is 0 Å². The maximum atomic E-state index is 10.9. The molecular weight excluding hydrogens is 267 g/mol. The topological polar surface area (TPSA) is 42.0 Å². The van der Waals surface area contributed by atoms with Crippen molar-refractivity contribution >= 4 is 34.3 Å². The van der Waals surface area contributed by atoms with Crippen LogP contribution in [-0.2, 0) is 4.79 Å². The lowest BCUT2D eigenvalue weighted by molar-refractivity contribution is -0.113. The van der Waals surface area contributed by atoms with Gasteiger partial charge in [-0.25, -0.2) is 4.98 Å². The molecule has 0 saturated carbocycles. The van der Waals surface area contributed by atoms with Crippen LogP contribution < -0.4 is 5.32 Å². The third-order valence-electron chi connectivity index (χ3n) is 1.30. The molecule has 1 amide bonds. The maximum absolute atomic E-state index is 10.9. The van der Waals surface area contributed by atoms with Crippen LogP contribution in [0.2, 0.25) is 0 Å². The van der Waals surface area contributed by atoms with Gasteiger partial charge in [0.15, 0.2) is 0 Å². The molecule has 4 heteroatoms. The van der Waals surface area contributed by atoms with Gasteiger partial charge in [0, 0.05) is 6.20 Å². The van der Waals surface area contributed by atoms with Crippen molar-refractivity contribution in [3.8, 4) is 0 Å². The monoisotopic (exact) mass is 276 g/mol. The minimum absolute atomic E-state index is 0.0197. The van der Waals surface area contributed by atoms with Gasteiger partial charge in [0.2, 0.25) is 5.91 Å². The summed E-state index contributed by atoms with van der Waals surface area (Å²) in [7, 11) is 0. The first-order valence-corrected chi connectivity index (χ1v) is 5.03. The highest BCUT2D eigenvalue weighted by molar-refractivity contribution is 14.1. The van der Waals surface area contributed by atoms with E-state index in [4.69, 9.17) is 0 Å². The van der Waals surface area contributed by atoms with Gasteiger partial charge in [-0.3, -0.25) is 4.79 Å². The van der Waals surface area contributed by atoms with Gasteiger partial charge in [-0.2, -0.15) is 0 Å². The summed E-state index contributed by atoms with van der Waals surface area (Å²) >= 11 is 2.01. The first kappa shape index (κ1) is 9.44. The lowest BCUT2D eigenvalue weighted by atomic mass is 10.3. The Morgan fingerprint density at radius 1 is 1.75 bits per heavy atom. The molecule has 0 radical (unpaired) electrons. The van der Waals surface area contributed by atoms with E-state index in [1.165, 1.54) is 0 Å². The Morgan fingerprint density at radius 3 is 3.08 bits per heavy atom. The molecular formula is C8H9IN2O. The number of hydrogen-bond acceptors (Lipinski definition) is 2. The van der Waals surface area contributed by atoms with E-state index >= 15 is 0 Å². The number of nitrogens with zero attached hydrogens (tertiary/aromatic N) is 1. The van der Waals surface area contributed by atoms with Crippen LogP contribution in [0.1, 0.15) is 5.56 Å². The number of nitrogens with one attached hydrogen (secondary N) is 1. The predicted octanol–water partition coefficient (Wildman–Crippen LogP) is 1.76. The molecule has 1 N–H and O–H groups in total. The van der Waals surface area contributed by atoms with Gasteiger partial charge in [-0.15, -0.1) is 0 Å². The minimum Gasteiger partial charge on any atom is -0.310 e. The van der Waals surface area contributed by atoms with E-state index in [2.05, 4.69) is 10.3 Å². The fourth-order valence-corrected chi connectivity index (χ4v) is 0.971. The molecule has 0 aliphatic heterocycles. The Kier molecular flexibility index (Phi) is 3.46. The van der Waals surface area contributed by atoms with Gasteiger partial charge in [0.05, 0.1) is 4.43 Å². The summed E-state index contributed by atoms with van der Waals surface area (Å²) in [4.78, 5) is 14.9. The van der Waals surface area contributed by atoms with E-state index in [9.17, 15) is 4.79 Å². The highest BCUT2D eigenvalue weighted by Crippen LogP contribution is 2.04. The normalized spacial score (nSPS) is 9.50. The van der Waals surface area contributed by atoms with Gasteiger partial charge >= 0.3 is 0 Å². The highest BCUT2D eigenvalue weighted by Gasteiger charge is 1.99. The maximum Gasteiger partial charge on any atom is 0.235 e. The van der Waals surface area contributed by atoms with Gasteiger partial charge in [0.25, 0.3) is 0 Å². The SMILES string of the molecule is Cc1ccnc(NC(=O)CI)c1. The quantitative estimate of drug-likeness (QED) is 0.660. The number of aromatic nitrogens is 1. The van der Waals surface area contributed by atoms with Crippen LogP contribution in [0.25, 0.3) is 0 Å². The average Bonchev–Trinajstić information content (AvgIpc) is 2.04. The third kappa shape index (κ3) is 2.77. The largest absolute Gasteiger partial charge is 0.310 e. The van der Waals surface area contributed by atoms with Crippen molar-refractivity contribution in [2.75, 3.05) is 9.74 Å². The number of pyridine rings is 1. The van der Waals surface area contributed by atoms with Gasteiger partial charge in [-0.1, -0.05) is 22.6 Å². The Bertz CT molecular complexity index is 288. The summed E-state index contributed by atoms with van der Waals surface area (Å²) in [5.74, 6) is 0.602. The fraction of sp³-hybridized carbons (Fsp3) is 0.250. The Balaban J connectivity index is 2.69. The van der Waals surface area contributed by atoms with Crippen molar-refractivity contribution in [1.29, 1.82) is 0 Å². The smallest absolute Gasteiger partial charge is 0.235 e. The number of aryl methyl sites for hydroxylation is 1. The molecule has 1 heterocycles. The summed E-state index contributed by atoms with van der Waals surface area (Å²) in [5, 5.41) is 2.67. The predicted molar refractivity (Wildman–Crippen MR) is 56.5 cm³/mol. The van der Waals surface area contributed by atoms with Crippen molar-refractivity contribution in [3.05, 3.63) is 23.9 Å². The van der Waals surface area contributed by atoms with Crippen molar-refractivity contribution < 1.29 is 4.79 Å². The van der Waals surface area contributed by atoms with Crippen LogP contribution in [0.4, 0.5) is 5.82 Å². The average molecular weight is 276 g/mol. The molecule has 1 aromatic rings. The highest BCUT2D eigenvalue weighted by atomic mass is 127. The number of amides is 1. The second kappa shape index (κ2) is 4.39. The van der Waals surface area contributed by atoms with Crippen molar-refractivity contribution in [2.24, 2.45) is 0 Å².